The van der Waals surface area contributed by atoms with Gasteiger partial charge in [0.1, 0.15) is 17.2 Å². The molecule has 0 radical (unpaired) electrons. The monoisotopic (exact) mass is 346 g/mol. The Morgan fingerprint density at radius 1 is 1.04 bits per heavy atom. The Labute approximate surface area is 145 Å². The minimum Gasteiger partial charge on any atom is -0.379 e. The van der Waals surface area contributed by atoms with Gasteiger partial charge in [-0.2, -0.15) is 0 Å². The molecule has 1 amide bonds. The van der Waals surface area contributed by atoms with Gasteiger partial charge in [0.2, 0.25) is 0 Å². The number of ether oxygens (including phenoxy) is 1. The van der Waals surface area contributed by atoms with Crippen molar-refractivity contribution < 1.29 is 18.3 Å². The smallest absolute Gasteiger partial charge is 0.257 e. The zero-order valence-electron chi connectivity index (χ0n) is 13.8. The molecule has 1 fully saturated rings. The molecule has 1 saturated heterocycles. The number of hydrogen-bond acceptors (Lipinski definition) is 3. The largest absolute Gasteiger partial charge is 0.379 e. The summed E-state index contributed by atoms with van der Waals surface area (Å²) in [4.78, 5) is 14.6. The number of carbonyl (C=O) groups excluding carboxylic acids is 1. The number of amides is 1. The summed E-state index contributed by atoms with van der Waals surface area (Å²) in [5.41, 5.74) is 0.337. The minimum absolute atomic E-state index is 0.370. The third-order valence-electron chi connectivity index (χ3n) is 4.24. The normalized spacial score (nSPS) is 16.4. The minimum atomic E-state index is -0.865. The van der Waals surface area contributed by atoms with Gasteiger partial charge < -0.3 is 10.1 Å². The Balaban J connectivity index is 1.80. The molecule has 6 heteroatoms. The highest BCUT2D eigenvalue weighted by Gasteiger charge is 2.23. The summed E-state index contributed by atoms with van der Waals surface area (Å²) in [5, 5.41) is 2.78. The standard InChI is InChI=1S/C19H20F2N2O2/c20-15-7-4-8-16(21)18(15)19(24)22-17(14-5-2-1-3-6-14)13-23-9-11-25-12-10-23/h1-8,17H,9-13H2,(H,22,24). The molecule has 0 spiro atoms. The molecule has 0 aliphatic carbocycles. The van der Waals surface area contributed by atoms with Gasteiger partial charge in [-0.3, -0.25) is 9.69 Å². The molecule has 1 N–H and O–H groups in total. The maximum Gasteiger partial charge on any atom is 0.257 e. The topological polar surface area (TPSA) is 41.6 Å². The number of rotatable bonds is 5. The van der Waals surface area contributed by atoms with E-state index in [-0.39, 0.29) is 6.04 Å². The molecule has 1 aliphatic heterocycles. The number of carbonyl (C=O) groups is 1. The van der Waals surface area contributed by atoms with Gasteiger partial charge in [-0.05, 0) is 17.7 Å². The van der Waals surface area contributed by atoms with E-state index in [1.54, 1.807) is 0 Å². The van der Waals surface area contributed by atoms with Crippen LogP contribution in [0.2, 0.25) is 0 Å². The predicted octanol–water partition coefficient (Wildman–Crippen LogP) is 2.77. The fourth-order valence-electron chi connectivity index (χ4n) is 2.91. The second kappa shape index (κ2) is 8.18. The summed E-state index contributed by atoms with van der Waals surface area (Å²) in [5.74, 6) is -2.48. The molecule has 132 valence electrons. The zero-order valence-corrected chi connectivity index (χ0v) is 13.8. The highest BCUT2D eigenvalue weighted by molar-refractivity contribution is 5.95. The van der Waals surface area contributed by atoms with Crippen molar-refractivity contribution in [3.63, 3.8) is 0 Å². The van der Waals surface area contributed by atoms with E-state index < -0.39 is 23.1 Å². The number of nitrogens with zero attached hydrogens (tertiary/aromatic N) is 1. The lowest BCUT2D eigenvalue weighted by Gasteiger charge is -2.31. The summed E-state index contributed by atoms with van der Waals surface area (Å²) in [7, 11) is 0. The Hall–Kier alpha value is -2.31. The Bertz CT molecular complexity index is 698. The highest BCUT2D eigenvalue weighted by Crippen LogP contribution is 2.18. The molecule has 0 bridgehead atoms. The van der Waals surface area contributed by atoms with E-state index >= 15 is 0 Å². The van der Waals surface area contributed by atoms with Crippen molar-refractivity contribution in [2.45, 2.75) is 6.04 Å². The van der Waals surface area contributed by atoms with Crippen LogP contribution in [0.15, 0.2) is 48.5 Å². The molecular weight excluding hydrogens is 326 g/mol. The second-order valence-corrected chi connectivity index (χ2v) is 5.95. The molecule has 25 heavy (non-hydrogen) atoms. The first kappa shape index (κ1) is 17.5. The average molecular weight is 346 g/mol. The van der Waals surface area contributed by atoms with E-state index in [4.69, 9.17) is 4.74 Å². The average Bonchev–Trinajstić information content (AvgIpc) is 2.63. The molecule has 1 aliphatic rings. The SMILES string of the molecule is O=C(NC(CN1CCOCC1)c1ccccc1)c1c(F)cccc1F. The maximum atomic E-state index is 13.9. The van der Waals surface area contributed by atoms with Gasteiger partial charge in [-0.15, -0.1) is 0 Å². The molecule has 4 nitrogen and oxygen atoms in total. The van der Waals surface area contributed by atoms with Gasteiger partial charge in [0.15, 0.2) is 0 Å². The first-order valence-electron chi connectivity index (χ1n) is 8.25. The molecule has 2 aromatic carbocycles. The highest BCUT2D eigenvalue weighted by atomic mass is 19.1. The van der Waals surface area contributed by atoms with Crippen LogP contribution >= 0.6 is 0 Å². The van der Waals surface area contributed by atoms with Gasteiger partial charge in [-0.1, -0.05) is 36.4 Å². The van der Waals surface area contributed by atoms with Crippen LogP contribution in [-0.2, 0) is 4.74 Å². The quantitative estimate of drug-likeness (QED) is 0.905. The van der Waals surface area contributed by atoms with Crippen molar-refractivity contribution >= 4 is 5.91 Å². The molecule has 1 heterocycles. The van der Waals surface area contributed by atoms with E-state index in [0.717, 1.165) is 30.8 Å². The van der Waals surface area contributed by atoms with Crippen LogP contribution in [0, 0.1) is 11.6 Å². The van der Waals surface area contributed by atoms with Crippen LogP contribution in [0.1, 0.15) is 22.0 Å². The predicted molar refractivity (Wildman–Crippen MR) is 90.3 cm³/mol. The lowest BCUT2D eigenvalue weighted by Crippen LogP contribution is -2.43. The van der Waals surface area contributed by atoms with E-state index in [2.05, 4.69) is 10.2 Å². The van der Waals surface area contributed by atoms with E-state index in [0.29, 0.717) is 19.8 Å². The summed E-state index contributed by atoms with van der Waals surface area (Å²) in [6, 6.07) is 12.4. The van der Waals surface area contributed by atoms with Crippen LogP contribution in [0.5, 0.6) is 0 Å². The van der Waals surface area contributed by atoms with Gasteiger partial charge in [-0.25, -0.2) is 8.78 Å². The molecule has 0 saturated carbocycles. The van der Waals surface area contributed by atoms with Gasteiger partial charge >= 0.3 is 0 Å². The van der Waals surface area contributed by atoms with Crippen molar-refractivity contribution in [2.24, 2.45) is 0 Å². The van der Waals surface area contributed by atoms with Crippen LogP contribution < -0.4 is 5.32 Å². The second-order valence-electron chi connectivity index (χ2n) is 5.95. The van der Waals surface area contributed by atoms with E-state index in [1.807, 2.05) is 30.3 Å². The molecule has 0 aromatic heterocycles. The van der Waals surface area contributed by atoms with Crippen molar-refractivity contribution in [3.05, 3.63) is 71.3 Å². The lowest BCUT2D eigenvalue weighted by molar-refractivity contribution is 0.0332. The van der Waals surface area contributed by atoms with Crippen LogP contribution in [0.25, 0.3) is 0 Å². The first-order valence-corrected chi connectivity index (χ1v) is 8.25. The Morgan fingerprint density at radius 2 is 1.68 bits per heavy atom. The van der Waals surface area contributed by atoms with Gasteiger partial charge in [0.05, 0.1) is 19.3 Å². The van der Waals surface area contributed by atoms with Crippen molar-refractivity contribution in [3.8, 4) is 0 Å². The van der Waals surface area contributed by atoms with E-state index in [9.17, 15) is 13.6 Å². The zero-order chi connectivity index (χ0) is 17.6. The summed E-state index contributed by atoms with van der Waals surface area (Å²) < 4.78 is 33.1. The van der Waals surface area contributed by atoms with Crippen molar-refractivity contribution in [1.29, 1.82) is 0 Å². The van der Waals surface area contributed by atoms with Crippen molar-refractivity contribution in [2.75, 3.05) is 32.8 Å². The van der Waals surface area contributed by atoms with Crippen LogP contribution in [-0.4, -0.2) is 43.7 Å². The molecule has 3 rings (SSSR count). The van der Waals surface area contributed by atoms with E-state index in [1.165, 1.54) is 6.07 Å². The number of morpholine rings is 1. The van der Waals surface area contributed by atoms with Crippen LogP contribution in [0.4, 0.5) is 8.78 Å². The third kappa shape index (κ3) is 4.41. The Kier molecular flexibility index (Phi) is 5.73. The fourth-order valence-corrected chi connectivity index (χ4v) is 2.91. The number of nitrogens with one attached hydrogen (secondary N) is 1. The number of benzene rings is 2. The molecular formula is C19H20F2N2O2. The lowest BCUT2D eigenvalue weighted by atomic mass is 10.0. The molecule has 2 aromatic rings. The summed E-state index contributed by atoms with van der Waals surface area (Å²) in [6.45, 7) is 3.34. The molecule has 1 unspecified atom stereocenters. The number of hydrogen-bond donors (Lipinski definition) is 1. The summed E-state index contributed by atoms with van der Waals surface area (Å²) >= 11 is 0. The first-order chi connectivity index (χ1) is 12.1. The fraction of sp³-hybridized carbons (Fsp3) is 0.316. The van der Waals surface area contributed by atoms with Crippen LogP contribution in [0.3, 0.4) is 0 Å². The maximum absolute atomic E-state index is 13.9. The van der Waals surface area contributed by atoms with Gasteiger partial charge in [0, 0.05) is 19.6 Å². The third-order valence-corrected chi connectivity index (χ3v) is 4.24. The number of halogens is 2. The van der Waals surface area contributed by atoms with Crippen molar-refractivity contribution in [1.82, 2.24) is 10.2 Å². The van der Waals surface area contributed by atoms with Gasteiger partial charge in [0.25, 0.3) is 5.91 Å². The summed E-state index contributed by atoms with van der Waals surface area (Å²) in [6.07, 6.45) is 0. The molecule has 1 atom stereocenters. The Morgan fingerprint density at radius 3 is 2.32 bits per heavy atom.